The minimum atomic E-state index is -0.656. The highest BCUT2D eigenvalue weighted by molar-refractivity contribution is 5.99. The van der Waals surface area contributed by atoms with Crippen LogP contribution in [0.4, 0.5) is 11.4 Å². The van der Waals surface area contributed by atoms with E-state index >= 15 is 0 Å². The molecule has 0 N–H and O–H groups in total. The van der Waals surface area contributed by atoms with Crippen LogP contribution in [-0.4, -0.2) is 42.3 Å². The van der Waals surface area contributed by atoms with Crippen molar-refractivity contribution < 1.29 is 28.8 Å². The third-order valence-electron chi connectivity index (χ3n) is 4.44. The SMILES string of the molecule is Cc1ccc(C(=O)COC(=O)CCN2C(=O)COc3ccccc32)cc1[N+](=O)[O-]. The number of fused-ring (bicyclic) bond motifs is 1. The van der Waals surface area contributed by atoms with E-state index in [2.05, 4.69) is 0 Å². The monoisotopic (exact) mass is 398 g/mol. The zero-order chi connectivity index (χ0) is 21.0. The van der Waals surface area contributed by atoms with Crippen LogP contribution in [0.25, 0.3) is 0 Å². The molecule has 150 valence electrons. The number of rotatable bonds is 7. The van der Waals surface area contributed by atoms with Crippen LogP contribution in [0.2, 0.25) is 0 Å². The summed E-state index contributed by atoms with van der Waals surface area (Å²) in [6, 6.07) is 11.1. The topological polar surface area (TPSA) is 116 Å². The number of amides is 1. The predicted octanol–water partition coefficient (Wildman–Crippen LogP) is 2.44. The van der Waals surface area contributed by atoms with E-state index in [1.807, 2.05) is 0 Å². The van der Waals surface area contributed by atoms with Gasteiger partial charge in [-0.25, -0.2) is 0 Å². The quantitative estimate of drug-likeness (QED) is 0.304. The number of hydrogen-bond acceptors (Lipinski definition) is 7. The highest BCUT2D eigenvalue weighted by atomic mass is 16.6. The lowest BCUT2D eigenvalue weighted by Crippen LogP contribution is -2.40. The Morgan fingerprint density at radius 2 is 2.00 bits per heavy atom. The van der Waals surface area contributed by atoms with Crippen molar-refractivity contribution in [1.29, 1.82) is 0 Å². The van der Waals surface area contributed by atoms with Gasteiger partial charge in [0.15, 0.2) is 13.2 Å². The Hall–Kier alpha value is -3.75. The maximum atomic E-state index is 12.2. The second-order valence-electron chi connectivity index (χ2n) is 6.39. The molecule has 0 radical (unpaired) electrons. The molecule has 3 rings (SSSR count). The van der Waals surface area contributed by atoms with E-state index in [9.17, 15) is 24.5 Å². The summed E-state index contributed by atoms with van der Waals surface area (Å²) in [6.07, 6.45) is -0.110. The molecule has 1 heterocycles. The Kier molecular flexibility index (Phi) is 5.87. The van der Waals surface area contributed by atoms with Crippen LogP contribution in [0.3, 0.4) is 0 Å². The first-order chi connectivity index (χ1) is 13.9. The number of esters is 1. The molecule has 9 nitrogen and oxygen atoms in total. The molecule has 1 amide bonds. The fourth-order valence-electron chi connectivity index (χ4n) is 2.88. The molecule has 9 heteroatoms. The second-order valence-corrected chi connectivity index (χ2v) is 6.39. The van der Waals surface area contributed by atoms with E-state index in [0.717, 1.165) is 6.07 Å². The standard InChI is InChI=1S/C20H18N2O7/c1-13-6-7-14(10-16(13)22(26)27)17(23)11-29-20(25)8-9-21-15-4-2-3-5-18(15)28-12-19(21)24/h2-7,10H,8-9,11-12H2,1H3. The molecule has 1 aliphatic rings. The highest BCUT2D eigenvalue weighted by Gasteiger charge is 2.25. The fraction of sp³-hybridized carbons (Fsp3) is 0.250. The third kappa shape index (κ3) is 4.57. The Bertz CT molecular complexity index is 987. The number of ether oxygens (including phenoxy) is 2. The summed E-state index contributed by atoms with van der Waals surface area (Å²) in [5.74, 6) is -0.929. The maximum Gasteiger partial charge on any atom is 0.308 e. The van der Waals surface area contributed by atoms with Gasteiger partial charge in [-0.3, -0.25) is 24.5 Å². The van der Waals surface area contributed by atoms with Crippen LogP contribution in [0.5, 0.6) is 5.75 Å². The number of carbonyl (C=O) groups is 3. The Labute approximate surface area is 166 Å². The van der Waals surface area contributed by atoms with Gasteiger partial charge >= 0.3 is 5.97 Å². The lowest BCUT2D eigenvalue weighted by atomic mass is 10.1. The molecule has 29 heavy (non-hydrogen) atoms. The molecule has 1 aliphatic heterocycles. The molecule has 0 aliphatic carbocycles. The molecule has 0 atom stereocenters. The summed E-state index contributed by atoms with van der Waals surface area (Å²) in [6.45, 7) is 1.00. The van der Waals surface area contributed by atoms with Crippen molar-refractivity contribution in [2.24, 2.45) is 0 Å². The number of Topliss-reactive ketones (excluding diaryl/α,β-unsaturated/α-hetero) is 1. The highest BCUT2D eigenvalue weighted by Crippen LogP contribution is 2.31. The minimum absolute atomic E-state index is 0.0855. The molecule has 0 aromatic heterocycles. The maximum absolute atomic E-state index is 12.2. The number of ketones is 1. The summed E-state index contributed by atoms with van der Waals surface area (Å²) < 4.78 is 10.3. The molecule has 0 saturated heterocycles. The first-order valence-corrected chi connectivity index (χ1v) is 8.83. The van der Waals surface area contributed by atoms with Gasteiger partial charge in [-0.15, -0.1) is 0 Å². The van der Waals surface area contributed by atoms with Gasteiger partial charge in [0.05, 0.1) is 17.0 Å². The number of nitro groups is 1. The van der Waals surface area contributed by atoms with E-state index in [1.165, 1.54) is 17.0 Å². The summed E-state index contributed by atoms with van der Waals surface area (Å²) in [5.41, 5.74) is 0.914. The zero-order valence-corrected chi connectivity index (χ0v) is 15.6. The van der Waals surface area contributed by atoms with Gasteiger partial charge in [0.25, 0.3) is 11.6 Å². The Morgan fingerprint density at radius 1 is 1.24 bits per heavy atom. The van der Waals surface area contributed by atoms with Gasteiger partial charge in [0.2, 0.25) is 5.78 Å². The van der Waals surface area contributed by atoms with Crippen LogP contribution in [0.15, 0.2) is 42.5 Å². The van der Waals surface area contributed by atoms with E-state index in [4.69, 9.17) is 9.47 Å². The number of aryl methyl sites for hydroxylation is 1. The predicted molar refractivity (Wildman–Crippen MR) is 102 cm³/mol. The normalized spacial score (nSPS) is 12.7. The van der Waals surface area contributed by atoms with Gasteiger partial charge < -0.3 is 14.4 Å². The number of nitro benzene ring substituents is 1. The van der Waals surface area contributed by atoms with E-state index < -0.39 is 23.3 Å². The largest absolute Gasteiger partial charge is 0.482 e. The number of carbonyl (C=O) groups excluding carboxylic acids is 3. The van der Waals surface area contributed by atoms with Crippen molar-refractivity contribution in [2.75, 3.05) is 24.7 Å². The average Bonchev–Trinajstić information content (AvgIpc) is 2.71. The van der Waals surface area contributed by atoms with E-state index in [1.54, 1.807) is 31.2 Å². The van der Waals surface area contributed by atoms with Crippen molar-refractivity contribution in [1.82, 2.24) is 0 Å². The number of para-hydroxylation sites is 2. The Balaban J connectivity index is 1.56. The van der Waals surface area contributed by atoms with Gasteiger partial charge in [-0.05, 0) is 19.1 Å². The van der Waals surface area contributed by atoms with Gasteiger partial charge in [-0.1, -0.05) is 24.3 Å². The van der Waals surface area contributed by atoms with E-state index in [-0.39, 0.29) is 36.7 Å². The number of anilines is 1. The molecule has 2 aromatic carbocycles. The van der Waals surface area contributed by atoms with Crippen molar-refractivity contribution in [3.05, 3.63) is 63.7 Å². The summed E-state index contributed by atoms with van der Waals surface area (Å²) >= 11 is 0. The van der Waals surface area contributed by atoms with Crippen molar-refractivity contribution in [3.8, 4) is 5.75 Å². The molecule has 0 saturated carbocycles. The second kappa shape index (κ2) is 8.51. The molecular weight excluding hydrogens is 380 g/mol. The molecule has 0 fully saturated rings. The van der Waals surface area contributed by atoms with Crippen molar-refractivity contribution in [2.45, 2.75) is 13.3 Å². The zero-order valence-electron chi connectivity index (χ0n) is 15.6. The lowest BCUT2D eigenvalue weighted by Gasteiger charge is -2.28. The van der Waals surface area contributed by atoms with Crippen LogP contribution >= 0.6 is 0 Å². The molecule has 0 spiro atoms. The van der Waals surface area contributed by atoms with Crippen LogP contribution in [0.1, 0.15) is 22.3 Å². The van der Waals surface area contributed by atoms with Gasteiger partial charge in [0, 0.05) is 23.7 Å². The first kappa shape index (κ1) is 20.0. The first-order valence-electron chi connectivity index (χ1n) is 8.83. The molecule has 0 bridgehead atoms. The number of benzene rings is 2. The summed E-state index contributed by atoms with van der Waals surface area (Å²) in [4.78, 5) is 48.1. The third-order valence-corrected chi connectivity index (χ3v) is 4.44. The lowest BCUT2D eigenvalue weighted by molar-refractivity contribution is -0.385. The Morgan fingerprint density at radius 3 is 2.76 bits per heavy atom. The minimum Gasteiger partial charge on any atom is -0.482 e. The number of nitrogens with zero attached hydrogens (tertiary/aromatic N) is 2. The summed E-state index contributed by atoms with van der Waals surface area (Å²) in [7, 11) is 0. The smallest absolute Gasteiger partial charge is 0.308 e. The fourth-order valence-corrected chi connectivity index (χ4v) is 2.88. The molecule has 2 aromatic rings. The summed E-state index contributed by atoms with van der Waals surface area (Å²) in [5, 5.41) is 11.0. The van der Waals surface area contributed by atoms with Crippen LogP contribution in [0, 0.1) is 17.0 Å². The van der Waals surface area contributed by atoms with Gasteiger partial charge in [0.1, 0.15) is 5.75 Å². The van der Waals surface area contributed by atoms with E-state index in [0.29, 0.717) is 17.0 Å². The van der Waals surface area contributed by atoms with Gasteiger partial charge in [-0.2, -0.15) is 0 Å². The van der Waals surface area contributed by atoms with Crippen molar-refractivity contribution >= 4 is 29.0 Å². The number of hydrogen-bond donors (Lipinski definition) is 0. The van der Waals surface area contributed by atoms with Crippen LogP contribution < -0.4 is 9.64 Å². The molecule has 0 unspecified atom stereocenters. The molecular formula is C20H18N2O7. The van der Waals surface area contributed by atoms with Crippen LogP contribution in [-0.2, 0) is 14.3 Å². The average molecular weight is 398 g/mol. The van der Waals surface area contributed by atoms with Crippen molar-refractivity contribution in [3.63, 3.8) is 0 Å².